The van der Waals surface area contributed by atoms with Crippen LogP contribution >= 0.6 is 0 Å². The highest BCUT2D eigenvalue weighted by Gasteiger charge is 2.38. The molecule has 1 aliphatic heterocycles. The van der Waals surface area contributed by atoms with E-state index in [2.05, 4.69) is 17.1 Å². The van der Waals surface area contributed by atoms with Crippen molar-refractivity contribution >= 4 is 5.96 Å². The summed E-state index contributed by atoms with van der Waals surface area (Å²) in [6.45, 7) is 0. The number of hydrogen-bond acceptors (Lipinski definition) is 6. The molecule has 0 spiro atoms. The van der Waals surface area contributed by atoms with Gasteiger partial charge in [0.25, 0.3) is 0 Å². The lowest BCUT2D eigenvalue weighted by atomic mass is 10.1. The van der Waals surface area contributed by atoms with Crippen molar-refractivity contribution < 1.29 is 4.92 Å². The van der Waals surface area contributed by atoms with Gasteiger partial charge in [0, 0.05) is 6.04 Å². The van der Waals surface area contributed by atoms with Crippen molar-refractivity contribution in [1.29, 1.82) is 0 Å². The maximum Gasteiger partial charge on any atom is 0.301 e. The third kappa shape index (κ3) is 1.92. The number of rotatable bonds is 2. The molecule has 3 rings (SSSR count). The van der Waals surface area contributed by atoms with Crippen LogP contribution in [0.1, 0.15) is 11.1 Å². The van der Waals surface area contributed by atoms with E-state index in [1.54, 1.807) is 4.90 Å². The van der Waals surface area contributed by atoms with E-state index in [1.807, 2.05) is 12.1 Å². The lowest BCUT2D eigenvalue weighted by molar-refractivity contribution is -0.433. The fourth-order valence-electron chi connectivity index (χ4n) is 2.86. The van der Waals surface area contributed by atoms with Crippen LogP contribution in [0.25, 0.3) is 0 Å². The minimum atomic E-state index is -0.859. The predicted molar refractivity (Wildman–Crippen MR) is 74.2 cm³/mol. The van der Waals surface area contributed by atoms with Gasteiger partial charge in [-0.2, -0.15) is 0 Å². The summed E-state index contributed by atoms with van der Waals surface area (Å²) in [5.74, 6) is 0.237. The number of nitrogens with zero attached hydrogens (tertiary/aromatic N) is 3. The summed E-state index contributed by atoms with van der Waals surface area (Å²) in [6, 6.07) is 8.09. The van der Waals surface area contributed by atoms with E-state index in [0.717, 1.165) is 19.0 Å². The SMILES string of the molecule is NC1=NC=C([N+](=O)[O-])C(N)N1C1Cc2ccccc2C1. The second kappa shape index (κ2) is 4.61. The molecular weight excluding hydrogens is 258 g/mol. The Hall–Kier alpha value is -2.41. The topological polar surface area (TPSA) is 111 Å². The first-order valence-electron chi connectivity index (χ1n) is 6.36. The third-order valence-electron chi connectivity index (χ3n) is 3.83. The number of nitro groups is 1. The van der Waals surface area contributed by atoms with E-state index in [1.165, 1.54) is 11.1 Å². The molecule has 7 nitrogen and oxygen atoms in total. The predicted octanol–water partition coefficient (Wildman–Crippen LogP) is 0.187. The number of hydrogen-bond donors (Lipinski definition) is 2. The molecule has 2 aliphatic rings. The Labute approximate surface area is 115 Å². The Morgan fingerprint density at radius 3 is 2.45 bits per heavy atom. The van der Waals surface area contributed by atoms with Crippen molar-refractivity contribution in [1.82, 2.24) is 4.90 Å². The quantitative estimate of drug-likeness (QED) is 0.590. The number of nitrogens with two attached hydrogens (primary N) is 2. The molecule has 1 unspecified atom stereocenters. The van der Waals surface area contributed by atoms with Crippen molar-refractivity contribution in [2.24, 2.45) is 16.5 Å². The third-order valence-corrected chi connectivity index (χ3v) is 3.83. The molecule has 4 N–H and O–H groups in total. The van der Waals surface area contributed by atoms with Gasteiger partial charge in [0.1, 0.15) is 6.20 Å². The average molecular weight is 273 g/mol. The minimum Gasteiger partial charge on any atom is -0.369 e. The van der Waals surface area contributed by atoms with Crippen LogP contribution in [0.2, 0.25) is 0 Å². The van der Waals surface area contributed by atoms with Gasteiger partial charge in [0.2, 0.25) is 0 Å². The van der Waals surface area contributed by atoms with Gasteiger partial charge in [0.05, 0.1) is 4.92 Å². The zero-order valence-electron chi connectivity index (χ0n) is 10.8. The zero-order chi connectivity index (χ0) is 14.3. The van der Waals surface area contributed by atoms with E-state index in [4.69, 9.17) is 11.5 Å². The van der Waals surface area contributed by atoms with Crippen molar-refractivity contribution in [3.8, 4) is 0 Å². The molecule has 0 radical (unpaired) electrons. The first kappa shape index (κ1) is 12.6. The van der Waals surface area contributed by atoms with Crippen LogP contribution in [0, 0.1) is 10.1 Å². The van der Waals surface area contributed by atoms with E-state index >= 15 is 0 Å². The summed E-state index contributed by atoms with van der Waals surface area (Å²) in [4.78, 5) is 16.0. The standard InChI is InChI=1S/C13H15N5O2/c14-12-11(18(19)20)7-16-13(15)17(12)10-5-8-3-1-2-4-9(8)6-10/h1-4,7,10,12H,5-6,14H2,(H2,15,16). The van der Waals surface area contributed by atoms with Crippen LogP contribution in [0.4, 0.5) is 0 Å². The van der Waals surface area contributed by atoms with Crippen molar-refractivity contribution in [3.05, 3.63) is 57.4 Å². The summed E-state index contributed by atoms with van der Waals surface area (Å²) in [5.41, 5.74) is 14.2. The number of aliphatic imine (C=N–C) groups is 1. The van der Waals surface area contributed by atoms with Gasteiger partial charge in [-0.3, -0.25) is 10.1 Å². The lowest BCUT2D eigenvalue weighted by Crippen LogP contribution is -2.57. The molecule has 1 heterocycles. The highest BCUT2D eigenvalue weighted by molar-refractivity contribution is 5.80. The van der Waals surface area contributed by atoms with Crippen molar-refractivity contribution in [3.63, 3.8) is 0 Å². The van der Waals surface area contributed by atoms with Crippen molar-refractivity contribution in [2.75, 3.05) is 0 Å². The molecule has 104 valence electrons. The molecule has 0 saturated heterocycles. The fourth-order valence-corrected chi connectivity index (χ4v) is 2.86. The Bertz CT molecular complexity index is 600. The van der Waals surface area contributed by atoms with Crippen LogP contribution in [0.15, 0.2) is 41.2 Å². The Morgan fingerprint density at radius 2 is 1.90 bits per heavy atom. The van der Waals surface area contributed by atoms with E-state index in [9.17, 15) is 10.1 Å². The summed E-state index contributed by atoms with van der Waals surface area (Å²) in [6.07, 6.45) is 1.82. The highest BCUT2D eigenvalue weighted by atomic mass is 16.6. The molecule has 20 heavy (non-hydrogen) atoms. The lowest BCUT2D eigenvalue weighted by Gasteiger charge is -2.34. The molecular formula is C13H15N5O2. The first-order valence-corrected chi connectivity index (χ1v) is 6.36. The molecule has 0 bridgehead atoms. The van der Waals surface area contributed by atoms with Crippen molar-refractivity contribution in [2.45, 2.75) is 25.0 Å². The van der Waals surface area contributed by atoms with Crippen LogP contribution in [-0.4, -0.2) is 28.0 Å². The van der Waals surface area contributed by atoms with Crippen LogP contribution in [-0.2, 0) is 12.8 Å². The van der Waals surface area contributed by atoms with Gasteiger partial charge in [-0.25, -0.2) is 4.99 Å². The molecule has 1 aromatic carbocycles. The smallest absolute Gasteiger partial charge is 0.301 e. The van der Waals surface area contributed by atoms with Gasteiger partial charge in [0.15, 0.2) is 12.1 Å². The van der Waals surface area contributed by atoms with Crippen LogP contribution in [0.5, 0.6) is 0 Å². The maximum atomic E-state index is 11.0. The van der Waals surface area contributed by atoms with E-state index in [-0.39, 0.29) is 17.7 Å². The van der Waals surface area contributed by atoms with Crippen LogP contribution in [0.3, 0.4) is 0 Å². The van der Waals surface area contributed by atoms with E-state index < -0.39 is 11.1 Å². The number of fused-ring (bicyclic) bond motifs is 1. The van der Waals surface area contributed by atoms with Gasteiger partial charge in [-0.05, 0) is 24.0 Å². The fraction of sp³-hybridized carbons (Fsp3) is 0.308. The normalized spacial score (nSPS) is 22.2. The van der Waals surface area contributed by atoms with Gasteiger partial charge in [-0.1, -0.05) is 24.3 Å². The largest absolute Gasteiger partial charge is 0.369 e. The second-order valence-electron chi connectivity index (χ2n) is 4.98. The molecule has 7 heteroatoms. The number of guanidine groups is 1. The Morgan fingerprint density at radius 1 is 1.30 bits per heavy atom. The second-order valence-corrected chi connectivity index (χ2v) is 4.98. The summed E-state index contributed by atoms with van der Waals surface area (Å²) in [5, 5.41) is 11.0. The molecule has 1 atom stereocenters. The van der Waals surface area contributed by atoms with Gasteiger partial charge in [-0.15, -0.1) is 0 Å². The monoisotopic (exact) mass is 273 g/mol. The molecule has 1 aliphatic carbocycles. The Balaban J connectivity index is 1.87. The molecule has 1 aromatic rings. The van der Waals surface area contributed by atoms with Gasteiger partial charge < -0.3 is 16.4 Å². The molecule has 0 saturated carbocycles. The molecule has 0 amide bonds. The molecule has 0 fully saturated rings. The minimum absolute atomic E-state index is 0.00907. The first-order chi connectivity index (χ1) is 9.58. The Kier molecular flexibility index (Phi) is 2.90. The summed E-state index contributed by atoms with van der Waals surface area (Å²) < 4.78 is 0. The van der Waals surface area contributed by atoms with Crippen LogP contribution < -0.4 is 11.5 Å². The summed E-state index contributed by atoms with van der Waals surface area (Å²) >= 11 is 0. The summed E-state index contributed by atoms with van der Waals surface area (Å²) in [7, 11) is 0. The zero-order valence-corrected chi connectivity index (χ0v) is 10.8. The average Bonchev–Trinajstić information content (AvgIpc) is 2.81. The highest BCUT2D eigenvalue weighted by Crippen LogP contribution is 2.28. The van der Waals surface area contributed by atoms with Gasteiger partial charge >= 0.3 is 5.70 Å². The van der Waals surface area contributed by atoms with E-state index in [0.29, 0.717) is 0 Å². The number of benzene rings is 1. The molecule has 0 aromatic heterocycles. The maximum absolute atomic E-state index is 11.0.